The molecule has 16 heavy (non-hydrogen) atoms. The fourth-order valence-corrected chi connectivity index (χ4v) is 1.73. The minimum Gasteiger partial charge on any atom is -0.345 e. The molecule has 0 unspecified atom stereocenters. The number of rotatable bonds is 1. The fraction of sp³-hybridized carbons (Fsp3) is 0.273. The second-order valence-electron chi connectivity index (χ2n) is 3.66. The maximum Gasteiger partial charge on any atom is 0.246 e. The maximum atomic E-state index is 13.6. The molecule has 1 aromatic rings. The molecule has 84 valence electrons. The normalized spacial score (nSPS) is 16.2. The molecule has 0 atom stereocenters. The van der Waals surface area contributed by atoms with Gasteiger partial charge in [0.15, 0.2) is 0 Å². The van der Waals surface area contributed by atoms with E-state index in [4.69, 9.17) is 0 Å². The number of carbonyl (C=O) groups is 2. The van der Waals surface area contributed by atoms with Gasteiger partial charge in [-0.3, -0.25) is 14.5 Å². The van der Waals surface area contributed by atoms with E-state index in [1.807, 2.05) is 0 Å². The summed E-state index contributed by atoms with van der Waals surface area (Å²) in [7, 11) is 0. The molecule has 0 bridgehead atoms. The lowest BCUT2D eigenvalue weighted by Crippen LogP contribution is -2.52. The number of para-hydroxylation sites is 1. The number of nitrogens with zero attached hydrogens (tertiary/aromatic N) is 1. The molecule has 2 rings (SSSR count). The average molecular weight is 222 g/mol. The SMILES string of the molecule is Cc1cccc(F)c1N1CC(=O)NCC1=O. The number of carbonyl (C=O) groups excluding carboxylic acids is 2. The van der Waals surface area contributed by atoms with E-state index in [-0.39, 0.29) is 30.6 Å². The van der Waals surface area contributed by atoms with E-state index in [0.29, 0.717) is 5.56 Å². The predicted octanol–water partition coefficient (Wildman–Crippen LogP) is 0.597. The molecule has 2 amide bonds. The minimum atomic E-state index is -0.483. The highest BCUT2D eigenvalue weighted by atomic mass is 19.1. The summed E-state index contributed by atoms with van der Waals surface area (Å²) in [5.74, 6) is -1.06. The van der Waals surface area contributed by atoms with Crippen molar-refractivity contribution in [2.75, 3.05) is 18.0 Å². The van der Waals surface area contributed by atoms with E-state index in [1.54, 1.807) is 19.1 Å². The van der Waals surface area contributed by atoms with Crippen LogP contribution in [0.5, 0.6) is 0 Å². The van der Waals surface area contributed by atoms with Gasteiger partial charge in [0.25, 0.3) is 0 Å². The summed E-state index contributed by atoms with van der Waals surface area (Å²) in [6, 6.07) is 4.56. The van der Waals surface area contributed by atoms with Gasteiger partial charge in [0.05, 0.1) is 12.2 Å². The number of amides is 2. The maximum absolute atomic E-state index is 13.6. The molecule has 1 aromatic carbocycles. The first-order chi connectivity index (χ1) is 7.59. The number of anilines is 1. The van der Waals surface area contributed by atoms with Crippen LogP contribution in [-0.4, -0.2) is 24.9 Å². The molecule has 1 aliphatic heterocycles. The van der Waals surface area contributed by atoms with Crippen LogP contribution < -0.4 is 10.2 Å². The summed E-state index contributed by atoms with van der Waals surface area (Å²) >= 11 is 0. The van der Waals surface area contributed by atoms with Gasteiger partial charge in [-0.25, -0.2) is 4.39 Å². The van der Waals surface area contributed by atoms with Crippen LogP contribution in [0.2, 0.25) is 0 Å². The number of hydrogen-bond acceptors (Lipinski definition) is 2. The molecule has 1 saturated heterocycles. The first-order valence-corrected chi connectivity index (χ1v) is 4.92. The summed E-state index contributed by atoms with van der Waals surface area (Å²) in [5.41, 5.74) is 0.838. The lowest BCUT2D eigenvalue weighted by atomic mass is 10.1. The van der Waals surface area contributed by atoms with E-state index < -0.39 is 5.82 Å². The van der Waals surface area contributed by atoms with Gasteiger partial charge in [-0.1, -0.05) is 12.1 Å². The largest absolute Gasteiger partial charge is 0.345 e. The molecule has 1 N–H and O–H groups in total. The molecular weight excluding hydrogens is 211 g/mol. The first-order valence-electron chi connectivity index (χ1n) is 4.92. The van der Waals surface area contributed by atoms with Crippen LogP contribution in [0.25, 0.3) is 0 Å². The topological polar surface area (TPSA) is 49.4 Å². The molecule has 0 saturated carbocycles. The zero-order chi connectivity index (χ0) is 11.7. The van der Waals surface area contributed by atoms with Gasteiger partial charge in [0.2, 0.25) is 11.8 Å². The Balaban J connectivity index is 2.42. The second kappa shape index (κ2) is 3.92. The van der Waals surface area contributed by atoms with E-state index in [1.165, 1.54) is 11.0 Å². The first kappa shape index (κ1) is 10.6. The lowest BCUT2D eigenvalue weighted by molar-refractivity contribution is -0.128. The summed E-state index contributed by atoms with van der Waals surface area (Å²) in [4.78, 5) is 24.0. The molecular formula is C11H11FN2O2. The molecule has 1 aliphatic rings. The van der Waals surface area contributed by atoms with Crippen molar-refractivity contribution in [1.82, 2.24) is 5.32 Å². The van der Waals surface area contributed by atoms with Crippen molar-refractivity contribution < 1.29 is 14.0 Å². The van der Waals surface area contributed by atoms with E-state index in [2.05, 4.69) is 5.32 Å². The lowest BCUT2D eigenvalue weighted by Gasteiger charge is -2.28. The minimum absolute atomic E-state index is 0.0768. The number of hydrogen-bond donors (Lipinski definition) is 1. The highest BCUT2D eigenvalue weighted by molar-refractivity contribution is 6.04. The van der Waals surface area contributed by atoms with Crippen LogP contribution in [0, 0.1) is 12.7 Å². The Hall–Kier alpha value is -1.91. The number of benzene rings is 1. The quantitative estimate of drug-likeness (QED) is 0.756. The van der Waals surface area contributed by atoms with E-state index in [9.17, 15) is 14.0 Å². The van der Waals surface area contributed by atoms with Gasteiger partial charge in [0.1, 0.15) is 12.4 Å². The van der Waals surface area contributed by atoms with Gasteiger partial charge in [-0.05, 0) is 18.6 Å². The van der Waals surface area contributed by atoms with Gasteiger partial charge < -0.3 is 5.32 Å². The average Bonchev–Trinajstić information content (AvgIpc) is 2.23. The number of aryl methyl sites for hydroxylation is 1. The van der Waals surface area contributed by atoms with Crippen molar-refractivity contribution in [2.24, 2.45) is 0 Å². The van der Waals surface area contributed by atoms with Crippen LogP contribution in [0.4, 0.5) is 10.1 Å². The molecule has 4 nitrogen and oxygen atoms in total. The Morgan fingerprint density at radius 1 is 1.38 bits per heavy atom. The predicted molar refractivity (Wildman–Crippen MR) is 56.5 cm³/mol. The van der Waals surface area contributed by atoms with Gasteiger partial charge in [-0.15, -0.1) is 0 Å². The molecule has 0 aliphatic carbocycles. The molecule has 0 radical (unpaired) electrons. The smallest absolute Gasteiger partial charge is 0.246 e. The van der Waals surface area contributed by atoms with Crippen molar-refractivity contribution in [2.45, 2.75) is 6.92 Å². The van der Waals surface area contributed by atoms with E-state index >= 15 is 0 Å². The van der Waals surface area contributed by atoms with Crippen molar-refractivity contribution in [3.05, 3.63) is 29.6 Å². The van der Waals surface area contributed by atoms with Crippen molar-refractivity contribution >= 4 is 17.5 Å². The summed E-state index contributed by atoms with van der Waals surface area (Å²) in [6.45, 7) is 1.51. The number of halogens is 1. The van der Waals surface area contributed by atoms with Crippen molar-refractivity contribution in [3.8, 4) is 0 Å². The van der Waals surface area contributed by atoms with Crippen molar-refractivity contribution in [3.63, 3.8) is 0 Å². The zero-order valence-electron chi connectivity index (χ0n) is 8.79. The third kappa shape index (κ3) is 1.76. The standard InChI is InChI=1S/C11H11FN2O2/c1-7-3-2-4-8(12)11(7)14-6-9(15)13-5-10(14)16/h2-4H,5-6H2,1H3,(H,13,15). The molecule has 0 aromatic heterocycles. The Labute approximate surface area is 92.0 Å². The Morgan fingerprint density at radius 3 is 2.81 bits per heavy atom. The summed E-state index contributed by atoms with van der Waals surface area (Å²) in [6.07, 6.45) is 0. The Kier molecular flexibility index (Phi) is 2.60. The Bertz CT molecular complexity index is 439. The summed E-state index contributed by atoms with van der Waals surface area (Å²) < 4.78 is 13.6. The fourth-order valence-electron chi connectivity index (χ4n) is 1.73. The van der Waals surface area contributed by atoms with Gasteiger partial charge in [-0.2, -0.15) is 0 Å². The summed E-state index contributed by atoms with van der Waals surface area (Å²) in [5, 5.41) is 2.42. The number of nitrogens with one attached hydrogen (secondary N) is 1. The van der Waals surface area contributed by atoms with Crippen molar-refractivity contribution in [1.29, 1.82) is 0 Å². The number of piperazine rings is 1. The third-order valence-corrected chi connectivity index (χ3v) is 2.50. The van der Waals surface area contributed by atoms with Crippen LogP contribution in [-0.2, 0) is 9.59 Å². The van der Waals surface area contributed by atoms with E-state index in [0.717, 1.165) is 0 Å². The van der Waals surface area contributed by atoms with Crippen LogP contribution >= 0.6 is 0 Å². The van der Waals surface area contributed by atoms with Crippen LogP contribution in [0.15, 0.2) is 18.2 Å². The molecule has 1 heterocycles. The molecule has 0 spiro atoms. The van der Waals surface area contributed by atoms with Crippen LogP contribution in [0.3, 0.4) is 0 Å². The third-order valence-electron chi connectivity index (χ3n) is 2.50. The Morgan fingerprint density at radius 2 is 2.12 bits per heavy atom. The highest BCUT2D eigenvalue weighted by Crippen LogP contribution is 2.24. The molecule has 5 heteroatoms. The molecule has 1 fully saturated rings. The monoisotopic (exact) mass is 222 g/mol. The van der Waals surface area contributed by atoms with Gasteiger partial charge >= 0.3 is 0 Å². The second-order valence-corrected chi connectivity index (χ2v) is 3.66. The highest BCUT2D eigenvalue weighted by Gasteiger charge is 2.27. The zero-order valence-corrected chi connectivity index (χ0v) is 8.79. The van der Waals surface area contributed by atoms with Crippen LogP contribution in [0.1, 0.15) is 5.56 Å². The van der Waals surface area contributed by atoms with Gasteiger partial charge in [0, 0.05) is 0 Å².